The Balaban J connectivity index is 0.00000338. The topological polar surface area (TPSA) is 172 Å². The van der Waals surface area contributed by atoms with Crippen LogP contribution in [0.1, 0.15) is 29.2 Å². The van der Waals surface area contributed by atoms with Crippen LogP contribution in [0.3, 0.4) is 0 Å². The zero-order chi connectivity index (χ0) is 34.7. The van der Waals surface area contributed by atoms with Crippen molar-refractivity contribution >= 4 is 47.7 Å². The summed E-state index contributed by atoms with van der Waals surface area (Å²) in [5, 5.41) is 1.52. The van der Waals surface area contributed by atoms with Crippen molar-refractivity contribution in [2.24, 2.45) is 0 Å². The van der Waals surface area contributed by atoms with E-state index in [0.29, 0.717) is 29.8 Å². The minimum atomic E-state index is -4.61. The largest absolute Gasteiger partial charge is 1.00 e. The molecule has 0 saturated carbocycles. The zero-order valence-corrected chi connectivity index (χ0v) is 33.9. The summed E-state index contributed by atoms with van der Waals surface area (Å²) >= 11 is 0. The Hall–Kier alpha value is -2.63. The number of anilines is 1. The molecular weight excluding hydrogens is 721 g/mol. The molecule has 5 aromatic carbocycles. The molecule has 0 aromatic heterocycles. The van der Waals surface area contributed by atoms with Gasteiger partial charge in [0.05, 0.1) is 14.7 Å². The van der Waals surface area contributed by atoms with E-state index in [9.17, 15) is 38.9 Å². The molecule has 0 bridgehead atoms. The second kappa shape index (κ2) is 17.3. The number of benzene rings is 5. The van der Waals surface area contributed by atoms with Crippen LogP contribution in [0.5, 0.6) is 0 Å². The van der Waals surface area contributed by atoms with E-state index in [1.54, 1.807) is 30.3 Å². The molecule has 0 amide bonds. The first-order valence-corrected chi connectivity index (χ1v) is 18.7. The third-order valence-electron chi connectivity index (χ3n) is 7.58. The van der Waals surface area contributed by atoms with Crippen LogP contribution in [0, 0.1) is 0 Å². The van der Waals surface area contributed by atoms with Gasteiger partial charge in [-0.3, -0.25) is 4.55 Å². The van der Waals surface area contributed by atoms with Crippen LogP contribution in [-0.4, -0.2) is 45.5 Å². The fourth-order valence-corrected chi connectivity index (χ4v) is 6.78. The molecule has 50 heavy (non-hydrogen) atoms. The average Bonchev–Trinajstić information content (AvgIpc) is 3.04. The van der Waals surface area contributed by atoms with E-state index in [-0.39, 0.29) is 73.8 Å². The second-order valence-corrected chi connectivity index (χ2v) is 15.0. The maximum absolute atomic E-state index is 11.7. The molecular formula is C35H29NNa2O9S3. The Bertz CT molecular complexity index is 2420. The van der Waals surface area contributed by atoms with Gasteiger partial charge in [0, 0.05) is 18.8 Å². The number of nitrogens with zero attached hydrogens (tertiary/aromatic N) is 1. The predicted molar refractivity (Wildman–Crippen MR) is 179 cm³/mol. The van der Waals surface area contributed by atoms with E-state index in [1.807, 2.05) is 60.4 Å². The minimum Gasteiger partial charge on any atom is -0.744 e. The van der Waals surface area contributed by atoms with Gasteiger partial charge < -0.3 is 14.0 Å². The van der Waals surface area contributed by atoms with Crippen molar-refractivity contribution in [1.29, 1.82) is 0 Å². The third-order valence-corrected chi connectivity index (χ3v) is 10.1. The van der Waals surface area contributed by atoms with Crippen LogP contribution in [0.4, 0.5) is 5.69 Å². The summed E-state index contributed by atoms with van der Waals surface area (Å²) in [4.78, 5) is 1.14. The molecule has 0 heterocycles. The Morgan fingerprint density at radius 3 is 1.70 bits per heavy atom. The van der Waals surface area contributed by atoms with Crippen LogP contribution in [0.25, 0.3) is 11.6 Å². The Morgan fingerprint density at radius 2 is 1.18 bits per heavy atom. The van der Waals surface area contributed by atoms with Crippen molar-refractivity contribution in [3.63, 3.8) is 0 Å². The van der Waals surface area contributed by atoms with Crippen molar-refractivity contribution in [3.05, 3.63) is 154 Å². The molecule has 248 valence electrons. The molecule has 10 nitrogen and oxygen atoms in total. The minimum absolute atomic E-state index is 0. The van der Waals surface area contributed by atoms with Gasteiger partial charge >= 0.3 is 59.1 Å². The summed E-state index contributed by atoms with van der Waals surface area (Å²) in [6.45, 7) is 2.89. The number of hydrogen-bond acceptors (Lipinski definition) is 9. The van der Waals surface area contributed by atoms with Crippen molar-refractivity contribution in [3.8, 4) is 0 Å². The molecule has 0 aliphatic carbocycles. The molecule has 5 rings (SSSR count). The molecule has 0 fully saturated rings. The molecule has 0 aliphatic heterocycles. The normalized spacial score (nSPS) is 11.5. The molecule has 15 heteroatoms. The maximum Gasteiger partial charge on any atom is 1.00 e. The number of hydrogen-bond donors (Lipinski definition) is 1. The molecule has 5 aromatic rings. The van der Waals surface area contributed by atoms with Gasteiger partial charge in [-0.25, -0.2) is 16.8 Å². The summed E-state index contributed by atoms with van der Waals surface area (Å²) < 4.78 is 102. The SMILES string of the molecule is CCN(Cc1cccc(S(=O)(=O)[O-])c1)c1ccc(C(c2ccc(S(=O)(=O)O)cc2)=c2ccc(=Cc3cccc(S(=O)(=O)[O-])c3)cc2)cc1.[Na+].[Na+]. The van der Waals surface area contributed by atoms with Crippen LogP contribution in [-0.2, 0) is 36.9 Å². The summed E-state index contributed by atoms with van der Waals surface area (Å²) in [6, 6.07) is 32.4. The first-order chi connectivity index (χ1) is 22.6. The first kappa shape index (κ1) is 41.8. The molecule has 0 radical (unpaired) electrons. The summed E-state index contributed by atoms with van der Waals surface area (Å²) in [6.07, 6.45) is 1.73. The van der Waals surface area contributed by atoms with Crippen LogP contribution >= 0.6 is 0 Å². The van der Waals surface area contributed by atoms with E-state index in [1.165, 1.54) is 48.5 Å². The van der Waals surface area contributed by atoms with Gasteiger partial charge in [0.1, 0.15) is 20.2 Å². The van der Waals surface area contributed by atoms with Gasteiger partial charge in [-0.1, -0.05) is 72.8 Å². The van der Waals surface area contributed by atoms with Crippen molar-refractivity contribution in [2.75, 3.05) is 11.4 Å². The molecule has 0 atom stereocenters. The summed E-state index contributed by atoms with van der Waals surface area (Å²) in [5.74, 6) is 0. The molecule has 1 N–H and O–H groups in total. The third kappa shape index (κ3) is 10.7. The van der Waals surface area contributed by atoms with Gasteiger partial charge in [0.2, 0.25) is 0 Å². The first-order valence-electron chi connectivity index (χ1n) is 14.5. The van der Waals surface area contributed by atoms with E-state index in [0.717, 1.165) is 27.3 Å². The summed E-state index contributed by atoms with van der Waals surface area (Å²) in [5.41, 5.74) is 4.24. The molecule has 0 aliphatic rings. The maximum atomic E-state index is 11.7. The molecule has 0 unspecified atom stereocenters. The van der Waals surface area contributed by atoms with E-state index < -0.39 is 30.4 Å². The Kier molecular flexibility index (Phi) is 14.4. The van der Waals surface area contributed by atoms with Crippen molar-refractivity contribution in [2.45, 2.75) is 28.2 Å². The van der Waals surface area contributed by atoms with Gasteiger partial charge in [-0.2, -0.15) is 8.42 Å². The van der Waals surface area contributed by atoms with Gasteiger partial charge in [-0.15, -0.1) is 0 Å². The standard InChI is InChI=1S/C35H31NO9S3.2Na/c1-2-36(24-27-6-4-8-34(23-27)48(43,44)45)31-17-13-29(14-18-31)35(30-15-19-32(20-16-30)46(37,38)39)28-11-9-25(10-12-28)21-26-5-3-7-33(22-26)47(40,41)42;;/h3-23H,2,24H2,1H3,(H,37,38,39)(H,40,41,42)(H,43,44,45);;/q;2*+1/p-2. The van der Waals surface area contributed by atoms with E-state index in [2.05, 4.69) is 0 Å². The summed E-state index contributed by atoms with van der Waals surface area (Å²) in [7, 11) is -13.6. The smallest absolute Gasteiger partial charge is 0.744 e. The zero-order valence-electron chi connectivity index (χ0n) is 27.4. The average molecular weight is 750 g/mol. The second-order valence-electron chi connectivity index (χ2n) is 10.8. The van der Waals surface area contributed by atoms with Crippen LogP contribution in [0.15, 0.2) is 136 Å². The fourth-order valence-electron chi connectivity index (χ4n) is 5.24. The van der Waals surface area contributed by atoms with Crippen LogP contribution < -0.4 is 74.5 Å². The fraction of sp³-hybridized carbons (Fsp3) is 0.0857. The van der Waals surface area contributed by atoms with Crippen molar-refractivity contribution < 1.29 is 98.0 Å². The molecule has 0 spiro atoms. The Labute approximate surface area is 336 Å². The van der Waals surface area contributed by atoms with E-state index >= 15 is 0 Å². The molecule has 0 saturated heterocycles. The predicted octanol–water partition coefficient (Wildman–Crippen LogP) is -2.15. The van der Waals surface area contributed by atoms with Crippen LogP contribution in [0.2, 0.25) is 0 Å². The van der Waals surface area contributed by atoms with Crippen molar-refractivity contribution in [1.82, 2.24) is 0 Å². The van der Waals surface area contributed by atoms with Gasteiger partial charge in [-0.05, 0) is 99.8 Å². The Morgan fingerprint density at radius 1 is 0.660 bits per heavy atom. The number of rotatable bonds is 10. The van der Waals surface area contributed by atoms with Gasteiger partial charge in [0.15, 0.2) is 0 Å². The quantitative estimate of drug-likeness (QED) is 0.123. The van der Waals surface area contributed by atoms with E-state index in [4.69, 9.17) is 0 Å². The van der Waals surface area contributed by atoms with Gasteiger partial charge in [0.25, 0.3) is 10.1 Å². The monoisotopic (exact) mass is 749 g/mol.